The number of benzene rings is 8. The molecule has 6 aromatic heterocycles. The van der Waals surface area contributed by atoms with E-state index in [1.807, 2.05) is 48.5 Å². The molecule has 98 heavy (non-hydrogen) atoms. The zero-order valence-electron chi connectivity index (χ0n) is 53.0. The lowest BCUT2D eigenvalue weighted by Crippen LogP contribution is -2.04. The second kappa shape index (κ2) is 23.8. The van der Waals surface area contributed by atoms with Gasteiger partial charge in [-0.05, 0) is 117 Å². The van der Waals surface area contributed by atoms with Crippen LogP contribution in [0, 0.1) is 0 Å². The molecule has 0 amide bonds. The summed E-state index contributed by atoms with van der Waals surface area (Å²) >= 11 is 0. The number of nitrogens with one attached hydrogen (secondary N) is 4. The molecule has 10 heteroatoms. The van der Waals surface area contributed by atoms with E-state index < -0.39 is 0 Å². The minimum atomic E-state index is 0.408. The summed E-state index contributed by atoms with van der Waals surface area (Å²) in [6.07, 6.45) is 8.51. The first-order chi connectivity index (χ1) is 48.5. The third kappa shape index (κ3) is 9.81. The molecule has 10 heterocycles. The highest BCUT2D eigenvalue weighted by Crippen LogP contribution is 2.52. The van der Waals surface area contributed by atoms with Crippen molar-refractivity contribution in [2.75, 3.05) is 0 Å². The van der Waals surface area contributed by atoms with Gasteiger partial charge in [-0.25, -0.2) is 19.9 Å². The molecule has 10 nitrogen and oxygen atoms in total. The standard InChI is InChI=1S/C88H60N10/c89-83-81(85-77(57-33-17-5-18-34-57)69-49-45-65(93-69)73(53-25-9-1-10-26-53)61-41-43-63(91-61)75(55-29-13-3-14-30-55)67-47-51-71(95-67)79(87(83)97-85)59-37-21-7-22-38-59)82-84(90)88-80(60-39-23-8-24-40-60)72-52-48-68(96-72)76(56-31-15-4-16-32-56)64-44-42-62(92-64)74(54-27-11-2-12-28-54)66-46-50-70(94-66)78(86(82)98-88)58-35-19-6-20-36-58/h1-52,93-96H,89-90H2. The minimum absolute atomic E-state index is 0.408. The van der Waals surface area contributed by atoms with Crippen LogP contribution in [0.1, 0.15) is 45.6 Å². The lowest BCUT2D eigenvalue weighted by atomic mass is 9.88. The zero-order chi connectivity index (χ0) is 65.2. The molecule has 0 atom stereocenters. The van der Waals surface area contributed by atoms with E-state index in [0.717, 1.165) is 156 Å². The fraction of sp³-hybridized carbons (Fsp3) is 0. The van der Waals surface area contributed by atoms with E-state index in [1.54, 1.807) is 0 Å². The van der Waals surface area contributed by atoms with Gasteiger partial charge in [0, 0.05) is 99.8 Å². The fourth-order valence-corrected chi connectivity index (χ4v) is 14.5. The van der Waals surface area contributed by atoms with Crippen LogP contribution in [0.2, 0.25) is 0 Å². The number of nitrogens with two attached hydrogens (primary N) is 2. The van der Waals surface area contributed by atoms with Crippen LogP contribution in [-0.4, -0.2) is 39.9 Å². The Morgan fingerprint density at radius 3 is 0.561 bits per heavy atom. The van der Waals surface area contributed by atoms with Crippen molar-refractivity contribution in [3.63, 3.8) is 0 Å². The third-order valence-electron chi connectivity index (χ3n) is 18.9. The first-order valence-corrected chi connectivity index (χ1v) is 32.9. The molecular formula is C88H60N10. The van der Waals surface area contributed by atoms with Gasteiger partial charge in [-0.15, -0.1) is 0 Å². The number of aromatic amines is 4. The van der Waals surface area contributed by atoms with Gasteiger partial charge in [-0.2, -0.15) is 0 Å². The van der Waals surface area contributed by atoms with Gasteiger partial charge in [0.1, 0.15) is 0 Å². The van der Waals surface area contributed by atoms with Crippen LogP contribution in [0.3, 0.4) is 0 Å². The van der Waals surface area contributed by atoms with Gasteiger partial charge >= 0.3 is 0 Å². The molecule has 4 aliphatic rings. The molecule has 18 rings (SSSR count). The van der Waals surface area contributed by atoms with Crippen molar-refractivity contribution in [3.8, 4) is 89.0 Å². The fourth-order valence-electron chi connectivity index (χ4n) is 14.5. The molecule has 0 fully saturated rings. The highest BCUT2D eigenvalue weighted by Gasteiger charge is 2.36. The number of fused-ring (bicyclic) bond motifs is 16. The predicted molar refractivity (Wildman–Crippen MR) is 405 cm³/mol. The lowest BCUT2D eigenvalue weighted by molar-refractivity contribution is 1.29. The van der Waals surface area contributed by atoms with Gasteiger partial charge in [0.25, 0.3) is 0 Å². The Balaban J connectivity index is 1.06. The maximum atomic E-state index is 8.36. The quantitative estimate of drug-likeness (QED) is 0.0841. The first-order valence-electron chi connectivity index (χ1n) is 32.9. The van der Waals surface area contributed by atoms with Crippen LogP contribution in [-0.2, 0) is 0 Å². The summed E-state index contributed by atoms with van der Waals surface area (Å²) in [7, 11) is 0. The topological polar surface area (TPSA) is 167 Å². The Hall–Kier alpha value is -13.4. The van der Waals surface area contributed by atoms with Gasteiger partial charge in [0.15, 0.2) is 0 Å². The van der Waals surface area contributed by atoms with Gasteiger partial charge < -0.3 is 31.4 Å². The van der Waals surface area contributed by atoms with Gasteiger partial charge in [0.2, 0.25) is 0 Å². The van der Waals surface area contributed by atoms with E-state index in [2.05, 4.69) is 287 Å². The van der Waals surface area contributed by atoms with E-state index in [9.17, 15) is 0 Å². The van der Waals surface area contributed by atoms with E-state index in [4.69, 9.17) is 31.4 Å². The van der Waals surface area contributed by atoms with Crippen molar-refractivity contribution in [1.82, 2.24) is 39.9 Å². The predicted octanol–water partition coefficient (Wildman–Crippen LogP) is 21.0. The summed E-state index contributed by atoms with van der Waals surface area (Å²) in [6, 6.07) is 101. The van der Waals surface area contributed by atoms with Gasteiger partial charge in [0.05, 0.1) is 56.9 Å². The molecule has 0 unspecified atom stereocenters. The number of allylic oxidation sites excluding steroid dienone is 2. The highest BCUT2D eigenvalue weighted by atomic mass is 14.9. The van der Waals surface area contributed by atoms with Crippen molar-refractivity contribution >= 4 is 91.0 Å². The summed E-state index contributed by atoms with van der Waals surface area (Å²) < 4.78 is 0. The van der Waals surface area contributed by atoms with E-state index in [1.165, 1.54) is 0 Å². The number of rotatable bonds is 9. The van der Waals surface area contributed by atoms with Crippen LogP contribution >= 0.6 is 0 Å². The van der Waals surface area contributed by atoms with Crippen LogP contribution in [0.4, 0.5) is 0 Å². The van der Waals surface area contributed by atoms with Crippen molar-refractivity contribution in [3.05, 3.63) is 337 Å². The molecule has 8 aromatic carbocycles. The Bertz CT molecular complexity index is 5630. The summed E-state index contributed by atoms with van der Waals surface area (Å²) in [5.41, 5.74) is 45.5. The third-order valence-corrected chi connectivity index (χ3v) is 18.9. The molecular weight excluding hydrogens is 1200 g/mol. The normalized spacial score (nSPS) is 12.6. The summed E-state index contributed by atoms with van der Waals surface area (Å²) in [4.78, 5) is 39.2. The van der Waals surface area contributed by atoms with Crippen LogP contribution in [0.15, 0.2) is 291 Å². The molecule has 16 bridgehead atoms. The molecule has 0 spiro atoms. The van der Waals surface area contributed by atoms with Crippen molar-refractivity contribution in [2.24, 2.45) is 11.5 Å². The van der Waals surface area contributed by atoms with Crippen molar-refractivity contribution < 1.29 is 0 Å². The monoisotopic (exact) mass is 1260 g/mol. The second-order valence-electron chi connectivity index (χ2n) is 24.7. The molecule has 14 aromatic rings. The Morgan fingerprint density at radius 1 is 0.184 bits per heavy atom. The zero-order valence-corrected chi connectivity index (χ0v) is 53.0. The molecule has 0 saturated heterocycles. The average molecular weight is 1260 g/mol. The van der Waals surface area contributed by atoms with Crippen molar-refractivity contribution in [2.45, 2.75) is 0 Å². The Morgan fingerprint density at radius 2 is 0.357 bits per heavy atom. The highest BCUT2D eigenvalue weighted by molar-refractivity contribution is 6.27. The number of H-pyrrole nitrogens is 4. The van der Waals surface area contributed by atoms with E-state index >= 15 is 0 Å². The Labute approximate surface area is 564 Å². The molecule has 0 aliphatic carbocycles. The van der Waals surface area contributed by atoms with E-state index in [-0.39, 0.29) is 0 Å². The number of hydrogen-bond acceptors (Lipinski definition) is 6. The van der Waals surface area contributed by atoms with Gasteiger partial charge in [-0.3, -0.25) is 0 Å². The lowest BCUT2D eigenvalue weighted by Gasteiger charge is -2.15. The summed E-state index contributed by atoms with van der Waals surface area (Å²) in [5.74, 6) is 0. The summed E-state index contributed by atoms with van der Waals surface area (Å²) in [6.45, 7) is 0. The number of nitrogens with zero attached hydrogens (tertiary/aromatic N) is 4. The molecule has 462 valence electrons. The average Bonchev–Trinajstić information content (AvgIpc) is 1.56. The SMILES string of the molecule is NC1=C(C2=C(N)c3nc2c(-c2ccccc2)c2ccc([nH]2)c(-c2ccccc2)c2nc(c(-c4ccccc4)c4ccc([nH]4)c3-c3ccccc3)C=C2)c2nc1c(-c1ccccc1)c1ccc([nH]1)c(-c1ccccc1)c1nc(c(-c3ccccc3)c3ccc([nH]3)c2-c2ccccc2)C=C1. The minimum Gasteiger partial charge on any atom is -0.396 e. The largest absolute Gasteiger partial charge is 0.396 e. The summed E-state index contributed by atoms with van der Waals surface area (Å²) in [5, 5.41) is 0. The van der Waals surface area contributed by atoms with Crippen molar-refractivity contribution in [1.29, 1.82) is 0 Å². The maximum absolute atomic E-state index is 8.36. The van der Waals surface area contributed by atoms with Crippen LogP contribution in [0.5, 0.6) is 0 Å². The number of aromatic nitrogens is 8. The second-order valence-corrected chi connectivity index (χ2v) is 24.7. The molecule has 8 N–H and O–H groups in total. The Kier molecular flexibility index (Phi) is 13.9. The number of hydrogen-bond donors (Lipinski definition) is 6. The maximum Gasteiger partial charge on any atom is 0.0973 e. The molecule has 0 saturated carbocycles. The van der Waals surface area contributed by atoms with Crippen LogP contribution < -0.4 is 11.5 Å². The smallest absolute Gasteiger partial charge is 0.0973 e. The van der Waals surface area contributed by atoms with Gasteiger partial charge in [-0.1, -0.05) is 243 Å². The molecule has 4 aliphatic heterocycles. The van der Waals surface area contributed by atoms with Crippen LogP contribution in [0.25, 0.3) is 180 Å². The van der Waals surface area contributed by atoms with E-state index in [0.29, 0.717) is 45.3 Å². The molecule has 0 radical (unpaired) electrons. The first kappa shape index (κ1) is 57.2.